The van der Waals surface area contributed by atoms with Crippen LogP contribution in [0, 0.1) is 0 Å². The molecule has 5 rings (SSSR count). The van der Waals surface area contributed by atoms with Crippen LogP contribution in [-0.2, 0) is 18.3 Å². The van der Waals surface area contributed by atoms with Gasteiger partial charge in [-0.3, -0.25) is 9.25 Å². The lowest BCUT2D eigenvalue weighted by Gasteiger charge is -2.27. The Hall–Kier alpha value is -3.70. The van der Waals surface area contributed by atoms with Gasteiger partial charge in [-0.15, -0.1) is 0 Å². The number of nitrogens with one attached hydrogen (secondary N) is 1. The molecule has 0 spiro atoms. The lowest BCUT2D eigenvalue weighted by Crippen LogP contribution is -2.37. The van der Waals surface area contributed by atoms with Gasteiger partial charge in [-0.2, -0.15) is 15.1 Å². The molecule has 1 saturated heterocycles. The third kappa shape index (κ3) is 4.59. The highest BCUT2D eigenvalue weighted by Crippen LogP contribution is 2.26. The molecule has 11 nitrogen and oxygen atoms in total. The van der Waals surface area contributed by atoms with Gasteiger partial charge in [0.15, 0.2) is 17.0 Å². The summed E-state index contributed by atoms with van der Waals surface area (Å²) in [6, 6.07) is 7.74. The van der Waals surface area contributed by atoms with Crippen molar-refractivity contribution in [3.05, 3.63) is 48.5 Å². The van der Waals surface area contributed by atoms with Crippen molar-refractivity contribution in [2.24, 2.45) is 7.05 Å². The number of fused-ring (bicyclic) bond motifs is 1. The number of aliphatic hydroxyl groups excluding tert-OH is 1. The summed E-state index contributed by atoms with van der Waals surface area (Å²) in [4.78, 5) is 16.4. The Morgan fingerprint density at radius 2 is 1.97 bits per heavy atom. The molecule has 1 aliphatic rings. The number of ether oxygens (including phenoxy) is 2. The monoisotopic (exact) mass is 450 g/mol. The minimum absolute atomic E-state index is 0.00974. The van der Waals surface area contributed by atoms with Crippen LogP contribution in [-0.4, -0.2) is 73.9 Å². The van der Waals surface area contributed by atoms with E-state index in [4.69, 9.17) is 24.5 Å². The Morgan fingerprint density at radius 3 is 2.70 bits per heavy atom. The van der Waals surface area contributed by atoms with Crippen LogP contribution in [0.3, 0.4) is 0 Å². The number of aromatic nitrogens is 6. The van der Waals surface area contributed by atoms with E-state index in [0.717, 1.165) is 35.7 Å². The predicted octanol–water partition coefficient (Wildman–Crippen LogP) is 1.37. The number of nitrogens with zero attached hydrogens (tertiary/aromatic N) is 7. The molecule has 2 N–H and O–H groups in total. The average Bonchev–Trinajstić information content (AvgIpc) is 3.48. The van der Waals surface area contributed by atoms with E-state index in [0.29, 0.717) is 37.0 Å². The van der Waals surface area contributed by atoms with Gasteiger partial charge in [-0.25, -0.2) is 4.98 Å². The van der Waals surface area contributed by atoms with E-state index in [-0.39, 0.29) is 13.2 Å². The first-order valence-corrected chi connectivity index (χ1v) is 10.8. The van der Waals surface area contributed by atoms with Gasteiger partial charge < -0.3 is 24.8 Å². The molecule has 4 aromatic rings. The molecular weight excluding hydrogens is 424 g/mol. The maximum Gasteiger partial charge on any atom is 0.229 e. The van der Waals surface area contributed by atoms with E-state index in [2.05, 4.69) is 20.3 Å². The average molecular weight is 451 g/mol. The van der Waals surface area contributed by atoms with Gasteiger partial charge in [0.25, 0.3) is 0 Å². The number of morpholine rings is 1. The van der Waals surface area contributed by atoms with E-state index >= 15 is 0 Å². The number of aliphatic hydroxyl groups is 1. The Bertz CT molecular complexity index is 1210. The van der Waals surface area contributed by atoms with Crippen molar-refractivity contribution < 1.29 is 14.6 Å². The highest BCUT2D eigenvalue weighted by atomic mass is 16.5. The maximum absolute atomic E-state index is 8.90. The third-order valence-electron chi connectivity index (χ3n) is 5.39. The van der Waals surface area contributed by atoms with Crippen molar-refractivity contribution in [2.45, 2.75) is 6.54 Å². The molecule has 4 heterocycles. The van der Waals surface area contributed by atoms with Gasteiger partial charge in [0.1, 0.15) is 18.7 Å². The summed E-state index contributed by atoms with van der Waals surface area (Å²) in [5, 5.41) is 16.6. The van der Waals surface area contributed by atoms with Gasteiger partial charge in [0.2, 0.25) is 5.95 Å². The summed E-state index contributed by atoms with van der Waals surface area (Å²) < 4.78 is 14.6. The molecule has 0 radical (unpaired) electrons. The van der Waals surface area contributed by atoms with Crippen LogP contribution in [0.1, 0.15) is 5.56 Å². The second-order valence-corrected chi connectivity index (χ2v) is 7.70. The third-order valence-corrected chi connectivity index (χ3v) is 5.39. The summed E-state index contributed by atoms with van der Waals surface area (Å²) in [7, 11) is 1.88. The topological polar surface area (TPSA) is 115 Å². The first-order chi connectivity index (χ1) is 16.2. The zero-order valence-electron chi connectivity index (χ0n) is 18.4. The molecule has 1 aromatic carbocycles. The summed E-state index contributed by atoms with van der Waals surface area (Å²) in [6.45, 7) is 3.61. The molecule has 0 aliphatic carbocycles. The molecule has 0 unspecified atom stereocenters. The van der Waals surface area contributed by atoms with Crippen molar-refractivity contribution >= 4 is 22.9 Å². The number of imidazole rings is 1. The number of anilines is 2. The SMILES string of the molecule is Cn1cc(-n2cnc3c(NCc4ccc(OCCO)cc4)nc(N4CCOCC4)nc32)cn1. The second-order valence-electron chi connectivity index (χ2n) is 7.70. The smallest absolute Gasteiger partial charge is 0.229 e. The lowest BCUT2D eigenvalue weighted by molar-refractivity contribution is 0.122. The fraction of sp³-hybridized carbons (Fsp3) is 0.364. The van der Waals surface area contributed by atoms with Crippen LogP contribution in [0.5, 0.6) is 5.75 Å². The van der Waals surface area contributed by atoms with E-state index in [1.54, 1.807) is 17.2 Å². The van der Waals surface area contributed by atoms with Crippen LogP contribution in [0.2, 0.25) is 0 Å². The van der Waals surface area contributed by atoms with Gasteiger partial charge >= 0.3 is 0 Å². The molecule has 0 amide bonds. The summed E-state index contributed by atoms with van der Waals surface area (Å²) >= 11 is 0. The molecule has 1 aliphatic heterocycles. The molecule has 0 saturated carbocycles. The van der Waals surface area contributed by atoms with Crippen LogP contribution in [0.25, 0.3) is 16.9 Å². The zero-order valence-corrected chi connectivity index (χ0v) is 18.4. The Morgan fingerprint density at radius 1 is 1.15 bits per heavy atom. The minimum atomic E-state index is -0.00974. The number of aryl methyl sites for hydroxylation is 1. The second kappa shape index (κ2) is 9.43. The normalized spacial score (nSPS) is 14.1. The molecule has 1 fully saturated rings. The summed E-state index contributed by atoms with van der Waals surface area (Å²) in [6.07, 6.45) is 5.45. The number of rotatable bonds is 8. The van der Waals surface area contributed by atoms with Crippen molar-refractivity contribution in [2.75, 3.05) is 49.7 Å². The van der Waals surface area contributed by atoms with E-state index in [9.17, 15) is 0 Å². The van der Waals surface area contributed by atoms with E-state index in [1.165, 1.54) is 0 Å². The van der Waals surface area contributed by atoms with E-state index < -0.39 is 0 Å². The molecular formula is C22H26N8O3. The fourth-order valence-corrected chi connectivity index (χ4v) is 3.69. The van der Waals surface area contributed by atoms with Crippen molar-refractivity contribution in [3.63, 3.8) is 0 Å². The Balaban J connectivity index is 1.45. The first kappa shape index (κ1) is 21.2. The van der Waals surface area contributed by atoms with Gasteiger partial charge in [-0.05, 0) is 17.7 Å². The zero-order chi connectivity index (χ0) is 22.6. The van der Waals surface area contributed by atoms with Crippen molar-refractivity contribution in [1.82, 2.24) is 29.3 Å². The van der Waals surface area contributed by atoms with Crippen molar-refractivity contribution in [1.29, 1.82) is 0 Å². The molecule has 0 bridgehead atoms. The quantitative estimate of drug-likeness (QED) is 0.411. The van der Waals surface area contributed by atoms with Crippen LogP contribution in [0.4, 0.5) is 11.8 Å². The number of hydrogen-bond donors (Lipinski definition) is 2. The highest BCUT2D eigenvalue weighted by molar-refractivity contribution is 5.85. The Labute approximate surface area is 190 Å². The molecule has 3 aromatic heterocycles. The maximum atomic E-state index is 8.90. The van der Waals surface area contributed by atoms with Gasteiger partial charge in [0, 0.05) is 32.9 Å². The molecule has 11 heteroatoms. The molecule has 0 atom stereocenters. The molecule has 172 valence electrons. The number of benzene rings is 1. The van der Waals surface area contributed by atoms with Crippen LogP contribution in [0.15, 0.2) is 43.0 Å². The standard InChI is InChI=1S/C22H26N8O3/c1-28-14-17(13-25-28)30-15-24-19-20(23-12-16-2-4-18(5-3-16)33-11-8-31)26-22(27-21(19)30)29-6-9-32-10-7-29/h2-5,13-15,31H,6-12H2,1H3,(H,23,26,27). The van der Waals surface area contributed by atoms with E-state index in [1.807, 2.05) is 42.1 Å². The molecule has 33 heavy (non-hydrogen) atoms. The van der Waals surface area contributed by atoms with Crippen LogP contribution >= 0.6 is 0 Å². The first-order valence-electron chi connectivity index (χ1n) is 10.8. The number of hydrogen-bond acceptors (Lipinski definition) is 9. The van der Waals surface area contributed by atoms with Crippen LogP contribution < -0.4 is 15.0 Å². The lowest BCUT2D eigenvalue weighted by atomic mass is 10.2. The fourth-order valence-electron chi connectivity index (χ4n) is 3.69. The predicted molar refractivity (Wildman–Crippen MR) is 123 cm³/mol. The van der Waals surface area contributed by atoms with Gasteiger partial charge in [-0.1, -0.05) is 12.1 Å². The summed E-state index contributed by atoms with van der Waals surface area (Å²) in [5.41, 5.74) is 3.36. The Kier molecular flexibility index (Phi) is 6.05. The minimum Gasteiger partial charge on any atom is -0.491 e. The highest BCUT2D eigenvalue weighted by Gasteiger charge is 2.20. The largest absolute Gasteiger partial charge is 0.491 e. The van der Waals surface area contributed by atoms with Crippen molar-refractivity contribution in [3.8, 4) is 11.4 Å². The van der Waals surface area contributed by atoms with Gasteiger partial charge in [0.05, 0.1) is 31.7 Å². The summed E-state index contributed by atoms with van der Waals surface area (Å²) in [5.74, 6) is 2.04.